The van der Waals surface area contributed by atoms with E-state index in [1.54, 1.807) is 0 Å². The molecule has 1 fully saturated rings. The number of hydrogen-bond donors (Lipinski definition) is 2. The highest BCUT2D eigenvalue weighted by molar-refractivity contribution is 5.59. The normalized spacial score (nSPS) is 15.1. The van der Waals surface area contributed by atoms with Crippen LogP contribution in [0, 0.1) is 6.92 Å². The maximum atomic E-state index is 10.1. The molecule has 5 nitrogen and oxygen atoms in total. The van der Waals surface area contributed by atoms with E-state index in [2.05, 4.69) is 36.0 Å². The van der Waals surface area contributed by atoms with Crippen molar-refractivity contribution in [3.63, 3.8) is 0 Å². The van der Waals surface area contributed by atoms with Crippen LogP contribution in [0.25, 0.3) is 0 Å². The molecule has 1 aliphatic carbocycles. The summed E-state index contributed by atoms with van der Waals surface area (Å²) in [5.74, 6) is 3.34. The topological polar surface area (TPSA) is 61.3 Å². The summed E-state index contributed by atoms with van der Waals surface area (Å²) >= 11 is 0. The number of aromatic nitrogens is 2. The predicted octanol–water partition coefficient (Wildman–Crippen LogP) is 2.69. The van der Waals surface area contributed by atoms with Crippen molar-refractivity contribution in [1.29, 1.82) is 0 Å². The van der Waals surface area contributed by atoms with Gasteiger partial charge in [-0.15, -0.1) is 0 Å². The zero-order valence-corrected chi connectivity index (χ0v) is 13.9. The number of anilines is 2. The Balaban J connectivity index is 2.39. The molecule has 0 spiro atoms. The number of nitrogens with one attached hydrogen (secondary N) is 1. The molecule has 118 valence electrons. The second-order valence-corrected chi connectivity index (χ2v) is 6.51. The molecule has 1 aromatic rings. The molecule has 1 aliphatic rings. The largest absolute Gasteiger partial charge is 0.389 e. The standard InChI is InChI=1S/C16H28N4O/c1-6-17-13-11(3)15(19-14(18-13)12-8-9-12)20(7-2)10-16(4,5)21/h12,21H,6-10H2,1-5H3,(H,17,18,19). The highest BCUT2D eigenvalue weighted by atomic mass is 16.3. The molecule has 5 heteroatoms. The molecule has 0 aliphatic heterocycles. The Kier molecular flexibility index (Phi) is 4.71. The molecule has 0 bridgehead atoms. The number of nitrogens with zero attached hydrogens (tertiary/aromatic N) is 3. The molecule has 0 saturated heterocycles. The van der Waals surface area contributed by atoms with Gasteiger partial charge in [-0.3, -0.25) is 0 Å². The fraction of sp³-hybridized carbons (Fsp3) is 0.750. The first-order valence-corrected chi connectivity index (χ1v) is 7.95. The molecule has 0 amide bonds. The maximum Gasteiger partial charge on any atom is 0.137 e. The van der Waals surface area contributed by atoms with Gasteiger partial charge in [0.1, 0.15) is 17.5 Å². The second kappa shape index (κ2) is 6.18. The first kappa shape index (κ1) is 16.0. The lowest BCUT2D eigenvalue weighted by Crippen LogP contribution is -2.39. The van der Waals surface area contributed by atoms with E-state index < -0.39 is 5.60 Å². The highest BCUT2D eigenvalue weighted by Gasteiger charge is 2.29. The van der Waals surface area contributed by atoms with E-state index in [-0.39, 0.29) is 0 Å². The SMILES string of the molecule is CCNc1nc(C2CC2)nc(N(CC)CC(C)(C)O)c1C. The summed E-state index contributed by atoms with van der Waals surface area (Å²) in [5.41, 5.74) is 0.318. The minimum Gasteiger partial charge on any atom is -0.389 e. The van der Waals surface area contributed by atoms with Crippen molar-refractivity contribution in [2.45, 2.75) is 59.0 Å². The molecule has 0 radical (unpaired) electrons. The fourth-order valence-electron chi connectivity index (χ4n) is 2.50. The zero-order chi connectivity index (χ0) is 15.6. The number of aliphatic hydroxyl groups is 1. The number of hydrogen-bond acceptors (Lipinski definition) is 5. The summed E-state index contributed by atoms with van der Waals surface area (Å²) in [6.07, 6.45) is 2.37. The van der Waals surface area contributed by atoms with Crippen molar-refractivity contribution in [2.75, 3.05) is 29.9 Å². The molecule has 2 N–H and O–H groups in total. The van der Waals surface area contributed by atoms with Gasteiger partial charge in [-0.05, 0) is 47.5 Å². The quantitative estimate of drug-likeness (QED) is 0.809. The Hall–Kier alpha value is -1.36. The Labute approximate surface area is 127 Å². The molecule has 2 rings (SSSR count). The van der Waals surface area contributed by atoms with Crippen LogP contribution in [0.3, 0.4) is 0 Å². The van der Waals surface area contributed by atoms with Gasteiger partial charge in [0.2, 0.25) is 0 Å². The lowest BCUT2D eigenvalue weighted by Gasteiger charge is -2.30. The van der Waals surface area contributed by atoms with Gasteiger partial charge >= 0.3 is 0 Å². The van der Waals surface area contributed by atoms with Crippen molar-refractivity contribution in [3.05, 3.63) is 11.4 Å². The lowest BCUT2D eigenvalue weighted by atomic mass is 10.1. The van der Waals surface area contributed by atoms with Crippen LogP contribution in [0.5, 0.6) is 0 Å². The molecule has 0 aromatic carbocycles. The van der Waals surface area contributed by atoms with Crippen LogP contribution in [0.2, 0.25) is 0 Å². The minimum atomic E-state index is -0.745. The van der Waals surface area contributed by atoms with E-state index >= 15 is 0 Å². The van der Waals surface area contributed by atoms with Gasteiger partial charge in [0, 0.05) is 31.1 Å². The second-order valence-electron chi connectivity index (χ2n) is 6.51. The van der Waals surface area contributed by atoms with E-state index in [0.717, 1.165) is 36.1 Å². The maximum absolute atomic E-state index is 10.1. The Morgan fingerprint density at radius 1 is 1.29 bits per heavy atom. The minimum absolute atomic E-state index is 0.516. The number of rotatable bonds is 7. The molecule has 1 saturated carbocycles. The molecule has 1 aromatic heterocycles. The van der Waals surface area contributed by atoms with Crippen LogP contribution >= 0.6 is 0 Å². The van der Waals surface area contributed by atoms with E-state index in [1.807, 2.05) is 13.8 Å². The molecule has 1 heterocycles. The Morgan fingerprint density at radius 3 is 2.43 bits per heavy atom. The molecule has 0 atom stereocenters. The molecular formula is C16H28N4O. The summed E-state index contributed by atoms with van der Waals surface area (Å²) in [7, 11) is 0. The van der Waals surface area contributed by atoms with Crippen molar-refractivity contribution >= 4 is 11.6 Å². The molecular weight excluding hydrogens is 264 g/mol. The number of likely N-dealkylation sites (N-methyl/N-ethyl adjacent to an activating group) is 1. The van der Waals surface area contributed by atoms with Gasteiger partial charge < -0.3 is 15.3 Å². The summed E-state index contributed by atoms with van der Waals surface area (Å²) in [4.78, 5) is 11.6. The third-order valence-corrected chi connectivity index (χ3v) is 3.68. The fourth-order valence-corrected chi connectivity index (χ4v) is 2.50. The lowest BCUT2D eigenvalue weighted by molar-refractivity contribution is 0.0874. The van der Waals surface area contributed by atoms with Crippen LogP contribution < -0.4 is 10.2 Å². The summed E-state index contributed by atoms with van der Waals surface area (Å²) in [5, 5.41) is 13.5. The van der Waals surface area contributed by atoms with Gasteiger partial charge in [0.25, 0.3) is 0 Å². The summed E-state index contributed by atoms with van der Waals surface area (Å²) in [6.45, 7) is 12.1. The van der Waals surface area contributed by atoms with Gasteiger partial charge in [-0.1, -0.05) is 0 Å². The average Bonchev–Trinajstić information content (AvgIpc) is 3.22. The highest BCUT2D eigenvalue weighted by Crippen LogP contribution is 2.40. The van der Waals surface area contributed by atoms with Gasteiger partial charge in [0.15, 0.2) is 0 Å². The van der Waals surface area contributed by atoms with E-state index in [4.69, 9.17) is 4.98 Å². The third kappa shape index (κ3) is 4.06. The van der Waals surface area contributed by atoms with Gasteiger partial charge in [-0.2, -0.15) is 0 Å². The van der Waals surface area contributed by atoms with Crippen molar-refractivity contribution in [1.82, 2.24) is 9.97 Å². The molecule has 0 unspecified atom stereocenters. The Morgan fingerprint density at radius 2 is 1.95 bits per heavy atom. The van der Waals surface area contributed by atoms with Crippen molar-refractivity contribution in [2.24, 2.45) is 0 Å². The summed E-state index contributed by atoms with van der Waals surface area (Å²) in [6, 6.07) is 0. The van der Waals surface area contributed by atoms with Gasteiger partial charge in [0.05, 0.1) is 5.60 Å². The van der Waals surface area contributed by atoms with E-state index in [1.165, 1.54) is 12.8 Å². The first-order chi connectivity index (χ1) is 9.85. The predicted molar refractivity (Wildman–Crippen MR) is 87.1 cm³/mol. The summed E-state index contributed by atoms with van der Waals surface area (Å²) < 4.78 is 0. The van der Waals surface area contributed by atoms with Crippen LogP contribution in [0.4, 0.5) is 11.6 Å². The van der Waals surface area contributed by atoms with Crippen LogP contribution in [0.1, 0.15) is 57.8 Å². The van der Waals surface area contributed by atoms with E-state index in [9.17, 15) is 5.11 Å². The van der Waals surface area contributed by atoms with Crippen LogP contribution in [0.15, 0.2) is 0 Å². The third-order valence-electron chi connectivity index (χ3n) is 3.68. The zero-order valence-electron chi connectivity index (χ0n) is 13.9. The van der Waals surface area contributed by atoms with Crippen LogP contribution in [-0.2, 0) is 0 Å². The average molecular weight is 292 g/mol. The monoisotopic (exact) mass is 292 g/mol. The molecule has 21 heavy (non-hydrogen) atoms. The van der Waals surface area contributed by atoms with Crippen molar-refractivity contribution < 1.29 is 5.11 Å². The first-order valence-electron chi connectivity index (χ1n) is 7.95. The van der Waals surface area contributed by atoms with E-state index in [0.29, 0.717) is 12.5 Å². The smallest absolute Gasteiger partial charge is 0.137 e. The van der Waals surface area contributed by atoms with Gasteiger partial charge in [-0.25, -0.2) is 9.97 Å². The Bertz CT molecular complexity index is 492. The van der Waals surface area contributed by atoms with Crippen LogP contribution in [-0.4, -0.2) is 40.3 Å². The van der Waals surface area contributed by atoms with Crippen molar-refractivity contribution in [3.8, 4) is 0 Å².